The number of nitrogens with two attached hydrogens (primary N) is 1. The van der Waals surface area contributed by atoms with Crippen LogP contribution in [0.5, 0.6) is 0 Å². The van der Waals surface area contributed by atoms with Gasteiger partial charge in [0.25, 0.3) is 0 Å². The highest BCUT2D eigenvalue weighted by Crippen LogP contribution is 2.33. The van der Waals surface area contributed by atoms with E-state index in [-0.39, 0.29) is 16.8 Å². The molecule has 90 valence electrons. The quantitative estimate of drug-likeness (QED) is 0.722. The second-order valence-corrected chi connectivity index (χ2v) is 3.66. The number of hydrogen-bond donors (Lipinski definition) is 1. The summed E-state index contributed by atoms with van der Waals surface area (Å²) in [6, 6.07) is 3.23. The van der Waals surface area contributed by atoms with Crippen molar-refractivity contribution in [2.45, 2.75) is 13.1 Å². The van der Waals surface area contributed by atoms with E-state index in [1.165, 1.54) is 13.0 Å². The van der Waals surface area contributed by atoms with Crippen LogP contribution in [-0.2, 0) is 6.18 Å². The normalized spacial score (nSPS) is 12.1. The first kappa shape index (κ1) is 11.6. The summed E-state index contributed by atoms with van der Waals surface area (Å²) < 4.78 is 50.8. The summed E-state index contributed by atoms with van der Waals surface area (Å²) in [5.74, 6) is -0.608. The number of aryl methyl sites for hydroxylation is 1. The molecular weight excluding hydrogens is 236 g/mol. The van der Waals surface area contributed by atoms with E-state index in [1.54, 1.807) is 0 Å². The molecule has 2 nitrogen and oxygen atoms in total. The Kier molecular flexibility index (Phi) is 2.45. The molecule has 2 N–H and O–H groups in total. The molecule has 17 heavy (non-hydrogen) atoms. The smallest absolute Gasteiger partial charge is 0.398 e. The van der Waals surface area contributed by atoms with Gasteiger partial charge in [-0.15, -0.1) is 0 Å². The number of hydrogen-bond acceptors (Lipinski definition) is 2. The first-order valence-electron chi connectivity index (χ1n) is 4.73. The number of aromatic nitrogens is 1. The Bertz CT molecular complexity index is 590. The molecule has 0 unspecified atom stereocenters. The average molecular weight is 244 g/mol. The van der Waals surface area contributed by atoms with Gasteiger partial charge < -0.3 is 5.73 Å². The molecule has 6 heteroatoms. The molecule has 0 saturated heterocycles. The first-order chi connectivity index (χ1) is 7.80. The van der Waals surface area contributed by atoms with Crippen molar-refractivity contribution in [3.05, 3.63) is 35.3 Å². The topological polar surface area (TPSA) is 38.9 Å². The van der Waals surface area contributed by atoms with Crippen LogP contribution in [0.25, 0.3) is 10.9 Å². The van der Waals surface area contributed by atoms with Gasteiger partial charge in [-0.1, -0.05) is 0 Å². The molecule has 0 atom stereocenters. The number of anilines is 1. The zero-order valence-electron chi connectivity index (χ0n) is 8.77. The second kappa shape index (κ2) is 3.58. The van der Waals surface area contributed by atoms with Gasteiger partial charge in [-0.25, -0.2) is 9.37 Å². The van der Waals surface area contributed by atoms with Crippen LogP contribution in [0, 0.1) is 12.7 Å². The second-order valence-electron chi connectivity index (χ2n) is 3.66. The fourth-order valence-corrected chi connectivity index (χ4v) is 1.58. The SMILES string of the molecule is Cc1c(F)ccc2c(N)cc(C(F)(F)F)nc12. The molecule has 0 aliphatic carbocycles. The van der Waals surface area contributed by atoms with Gasteiger partial charge in [0, 0.05) is 16.6 Å². The van der Waals surface area contributed by atoms with E-state index in [2.05, 4.69) is 4.98 Å². The van der Waals surface area contributed by atoms with E-state index in [4.69, 9.17) is 5.73 Å². The Hall–Kier alpha value is -1.85. The number of nitrogens with zero attached hydrogens (tertiary/aromatic N) is 1. The van der Waals surface area contributed by atoms with Crippen molar-refractivity contribution in [2.75, 3.05) is 5.73 Å². The maximum Gasteiger partial charge on any atom is 0.433 e. The Labute approximate surface area is 94.1 Å². The molecule has 0 bridgehead atoms. The molecule has 0 spiro atoms. The van der Waals surface area contributed by atoms with E-state index in [0.29, 0.717) is 5.39 Å². The van der Waals surface area contributed by atoms with Crippen LogP contribution in [0.2, 0.25) is 0 Å². The first-order valence-corrected chi connectivity index (χ1v) is 4.73. The highest BCUT2D eigenvalue weighted by Gasteiger charge is 2.33. The third-order valence-electron chi connectivity index (χ3n) is 2.49. The highest BCUT2D eigenvalue weighted by molar-refractivity contribution is 5.92. The summed E-state index contributed by atoms with van der Waals surface area (Å²) in [5, 5.41) is 0.317. The zero-order chi connectivity index (χ0) is 12.8. The largest absolute Gasteiger partial charge is 0.433 e. The van der Waals surface area contributed by atoms with Gasteiger partial charge in [0.2, 0.25) is 0 Å². The number of pyridine rings is 1. The molecular formula is C11H8F4N2. The van der Waals surface area contributed by atoms with Gasteiger partial charge in [0.15, 0.2) is 0 Å². The summed E-state index contributed by atoms with van der Waals surface area (Å²) in [6.45, 7) is 1.37. The molecule has 2 aromatic rings. The third kappa shape index (κ3) is 1.90. The van der Waals surface area contributed by atoms with E-state index < -0.39 is 17.7 Å². The number of rotatable bonds is 0. The lowest BCUT2D eigenvalue weighted by Gasteiger charge is -2.10. The Morgan fingerprint density at radius 2 is 1.88 bits per heavy atom. The zero-order valence-corrected chi connectivity index (χ0v) is 8.77. The molecule has 0 amide bonds. The summed E-state index contributed by atoms with van der Waals surface area (Å²) in [5.41, 5.74) is 4.33. The Balaban J connectivity index is 2.84. The lowest BCUT2D eigenvalue weighted by atomic mass is 10.1. The van der Waals surface area contributed by atoms with Gasteiger partial charge in [-0.2, -0.15) is 13.2 Å². The van der Waals surface area contributed by atoms with E-state index in [1.807, 2.05) is 0 Å². The van der Waals surface area contributed by atoms with Crippen molar-refractivity contribution in [1.29, 1.82) is 0 Å². The maximum absolute atomic E-state index is 13.2. The molecule has 1 heterocycles. The lowest BCUT2D eigenvalue weighted by Crippen LogP contribution is -2.09. The fraction of sp³-hybridized carbons (Fsp3) is 0.182. The lowest BCUT2D eigenvalue weighted by molar-refractivity contribution is -0.140. The van der Waals surface area contributed by atoms with Gasteiger partial charge in [-0.3, -0.25) is 0 Å². The van der Waals surface area contributed by atoms with Crippen molar-refractivity contribution in [2.24, 2.45) is 0 Å². The van der Waals surface area contributed by atoms with E-state index >= 15 is 0 Å². The monoisotopic (exact) mass is 244 g/mol. The van der Waals surface area contributed by atoms with Crippen LogP contribution in [0.3, 0.4) is 0 Å². The minimum atomic E-state index is -4.60. The van der Waals surface area contributed by atoms with Crippen LogP contribution < -0.4 is 5.73 Å². The third-order valence-corrected chi connectivity index (χ3v) is 2.49. The van der Waals surface area contributed by atoms with Gasteiger partial charge in [0.05, 0.1) is 5.52 Å². The van der Waals surface area contributed by atoms with Crippen LogP contribution in [-0.4, -0.2) is 4.98 Å². The van der Waals surface area contributed by atoms with Crippen LogP contribution in [0.1, 0.15) is 11.3 Å². The number of nitrogen functional groups attached to an aromatic ring is 1. The van der Waals surface area contributed by atoms with Gasteiger partial charge in [0.1, 0.15) is 11.5 Å². The Morgan fingerprint density at radius 1 is 1.24 bits per heavy atom. The standard InChI is InChI=1S/C11H8F4N2/c1-5-7(12)3-2-6-8(16)4-9(11(13,14)15)17-10(5)6/h2-4H,1H3,(H2,16,17). The average Bonchev–Trinajstić information content (AvgIpc) is 2.22. The number of alkyl halides is 3. The molecule has 1 aromatic carbocycles. The summed E-state index contributed by atoms with van der Waals surface area (Å²) in [7, 11) is 0. The van der Waals surface area contributed by atoms with Crippen LogP contribution in [0.15, 0.2) is 18.2 Å². The maximum atomic E-state index is 13.2. The number of halogens is 4. The minimum absolute atomic E-state index is 0.0558. The molecule has 0 radical (unpaired) electrons. The molecule has 0 saturated carbocycles. The van der Waals surface area contributed by atoms with Crippen molar-refractivity contribution in [1.82, 2.24) is 4.98 Å². The van der Waals surface area contributed by atoms with Crippen molar-refractivity contribution in [3.63, 3.8) is 0 Å². The fourth-order valence-electron chi connectivity index (χ4n) is 1.58. The van der Waals surface area contributed by atoms with Crippen molar-refractivity contribution in [3.8, 4) is 0 Å². The predicted molar refractivity (Wildman–Crippen MR) is 55.9 cm³/mol. The van der Waals surface area contributed by atoms with Crippen molar-refractivity contribution >= 4 is 16.6 Å². The molecule has 2 rings (SSSR count). The van der Waals surface area contributed by atoms with E-state index in [9.17, 15) is 17.6 Å². The van der Waals surface area contributed by atoms with Crippen molar-refractivity contribution < 1.29 is 17.6 Å². The molecule has 0 aliphatic heterocycles. The molecule has 0 fully saturated rings. The van der Waals surface area contributed by atoms with Gasteiger partial charge in [-0.05, 0) is 25.1 Å². The highest BCUT2D eigenvalue weighted by atomic mass is 19.4. The van der Waals surface area contributed by atoms with Crippen LogP contribution in [0.4, 0.5) is 23.2 Å². The Morgan fingerprint density at radius 3 is 2.47 bits per heavy atom. The molecule has 0 aliphatic rings. The van der Waals surface area contributed by atoms with Crippen LogP contribution >= 0.6 is 0 Å². The number of fused-ring (bicyclic) bond motifs is 1. The predicted octanol–water partition coefficient (Wildman–Crippen LogP) is 3.28. The molecule has 1 aromatic heterocycles. The number of benzene rings is 1. The minimum Gasteiger partial charge on any atom is -0.398 e. The summed E-state index contributed by atoms with van der Waals surface area (Å²) in [6.07, 6.45) is -4.60. The van der Waals surface area contributed by atoms with Gasteiger partial charge >= 0.3 is 6.18 Å². The summed E-state index contributed by atoms with van der Waals surface area (Å²) in [4.78, 5) is 3.42. The summed E-state index contributed by atoms with van der Waals surface area (Å²) >= 11 is 0. The van der Waals surface area contributed by atoms with E-state index in [0.717, 1.165) is 12.1 Å².